The van der Waals surface area contributed by atoms with Gasteiger partial charge in [-0.3, -0.25) is 4.79 Å². The summed E-state index contributed by atoms with van der Waals surface area (Å²) in [7, 11) is 0. The maximum Gasteiger partial charge on any atom is 0.239 e. The van der Waals surface area contributed by atoms with Crippen LogP contribution in [-0.2, 0) is 4.79 Å². The van der Waals surface area contributed by atoms with E-state index in [4.69, 9.17) is 5.73 Å². The van der Waals surface area contributed by atoms with Gasteiger partial charge in [0.05, 0.1) is 5.54 Å². The van der Waals surface area contributed by atoms with E-state index in [0.29, 0.717) is 0 Å². The number of carbonyl (C=O) groups is 1. The van der Waals surface area contributed by atoms with E-state index in [0.717, 1.165) is 44.7 Å². The molecule has 21 heavy (non-hydrogen) atoms. The van der Waals surface area contributed by atoms with E-state index in [1.54, 1.807) is 0 Å². The van der Waals surface area contributed by atoms with Crippen molar-refractivity contribution in [1.29, 1.82) is 0 Å². The first-order chi connectivity index (χ1) is 9.45. The molecule has 0 radical (unpaired) electrons. The summed E-state index contributed by atoms with van der Waals surface area (Å²) in [5.74, 6) is 0.887. The van der Waals surface area contributed by atoms with Crippen LogP contribution in [0, 0.1) is 5.92 Å². The number of piperidine rings is 1. The lowest BCUT2D eigenvalue weighted by molar-refractivity contribution is -0.126. The highest BCUT2D eigenvalue weighted by atomic mass is 35.5. The number of amides is 1. The predicted octanol–water partition coefficient (Wildman–Crippen LogP) is 2.55. The number of halogens is 1. The zero-order valence-corrected chi connectivity index (χ0v) is 14.8. The molecule has 1 saturated heterocycles. The molecule has 1 unspecified atom stereocenters. The molecule has 5 heteroatoms. The third-order valence-corrected chi connectivity index (χ3v) is 4.35. The van der Waals surface area contributed by atoms with Crippen LogP contribution in [0.25, 0.3) is 0 Å². The predicted molar refractivity (Wildman–Crippen MR) is 91.8 cm³/mol. The molecular formula is C16H34ClN3O. The maximum absolute atomic E-state index is 11.9. The number of hydrogen-bond donors (Lipinski definition) is 2. The summed E-state index contributed by atoms with van der Waals surface area (Å²) in [6.45, 7) is 10.6. The maximum atomic E-state index is 11.9. The van der Waals surface area contributed by atoms with Crippen molar-refractivity contribution >= 4 is 18.3 Å². The Morgan fingerprint density at radius 1 is 1.33 bits per heavy atom. The lowest BCUT2D eigenvalue weighted by Crippen LogP contribution is -2.51. The molecule has 1 amide bonds. The number of nitrogens with two attached hydrogens (primary N) is 1. The largest absolute Gasteiger partial charge is 0.355 e. The third kappa shape index (κ3) is 8.03. The molecule has 1 atom stereocenters. The Labute approximate surface area is 136 Å². The van der Waals surface area contributed by atoms with Crippen molar-refractivity contribution in [3.8, 4) is 0 Å². The minimum Gasteiger partial charge on any atom is -0.355 e. The first kappa shape index (κ1) is 20.7. The Kier molecular flexibility index (Phi) is 10.3. The zero-order chi connectivity index (χ0) is 15.0. The fourth-order valence-electron chi connectivity index (χ4n) is 2.78. The van der Waals surface area contributed by atoms with Gasteiger partial charge in [0.2, 0.25) is 5.91 Å². The molecule has 126 valence electrons. The van der Waals surface area contributed by atoms with E-state index < -0.39 is 5.54 Å². The molecule has 4 nitrogen and oxygen atoms in total. The second-order valence-electron chi connectivity index (χ2n) is 6.65. The molecule has 0 saturated carbocycles. The van der Waals surface area contributed by atoms with E-state index in [1.165, 1.54) is 25.9 Å². The second-order valence-corrected chi connectivity index (χ2v) is 6.65. The van der Waals surface area contributed by atoms with Crippen LogP contribution in [0.1, 0.15) is 59.3 Å². The molecular weight excluding hydrogens is 286 g/mol. The van der Waals surface area contributed by atoms with E-state index >= 15 is 0 Å². The molecule has 1 rings (SSSR count). The Morgan fingerprint density at radius 2 is 1.95 bits per heavy atom. The van der Waals surface area contributed by atoms with Crippen molar-refractivity contribution in [2.75, 3.05) is 26.2 Å². The van der Waals surface area contributed by atoms with Crippen LogP contribution in [0.15, 0.2) is 0 Å². The van der Waals surface area contributed by atoms with E-state index in [-0.39, 0.29) is 18.3 Å². The van der Waals surface area contributed by atoms with E-state index in [1.807, 2.05) is 6.92 Å². The van der Waals surface area contributed by atoms with Crippen LogP contribution in [0.5, 0.6) is 0 Å². The van der Waals surface area contributed by atoms with Crippen molar-refractivity contribution in [3.05, 3.63) is 0 Å². The molecule has 0 spiro atoms. The number of carbonyl (C=O) groups excluding carboxylic acids is 1. The first-order valence-corrected chi connectivity index (χ1v) is 8.25. The van der Waals surface area contributed by atoms with Crippen LogP contribution < -0.4 is 11.1 Å². The normalized spacial score (nSPS) is 19.6. The third-order valence-electron chi connectivity index (χ3n) is 4.35. The van der Waals surface area contributed by atoms with Gasteiger partial charge >= 0.3 is 0 Å². The molecule has 1 aliphatic heterocycles. The highest BCUT2D eigenvalue weighted by Gasteiger charge is 2.26. The van der Waals surface area contributed by atoms with Crippen molar-refractivity contribution in [2.45, 2.75) is 64.8 Å². The topological polar surface area (TPSA) is 58.4 Å². The Balaban J connectivity index is 0.00000400. The number of rotatable bonds is 8. The second kappa shape index (κ2) is 10.4. The summed E-state index contributed by atoms with van der Waals surface area (Å²) in [5, 5.41) is 2.97. The SMILES string of the molecule is CCCC(C)(N)C(=O)NCCCCN1CCC(C)CC1.Cl. The average Bonchev–Trinajstić information content (AvgIpc) is 2.40. The smallest absolute Gasteiger partial charge is 0.239 e. The molecule has 0 aliphatic carbocycles. The Morgan fingerprint density at radius 3 is 2.52 bits per heavy atom. The Bertz CT molecular complexity index is 289. The van der Waals surface area contributed by atoms with Crippen LogP contribution in [-0.4, -0.2) is 42.5 Å². The molecule has 0 aromatic rings. The molecule has 1 heterocycles. The standard InChI is InChI=1S/C16H33N3O.ClH/c1-4-9-16(3,17)15(20)18-10-5-6-11-19-12-7-14(2)8-13-19;/h14H,4-13,17H2,1-3H3,(H,18,20);1H. The van der Waals surface area contributed by atoms with Crippen LogP contribution in [0.3, 0.4) is 0 Å². The number of hydrogen-bond acceptors (Lipinski definition) is 3. The van der Waals surface area contributed by atoms with E-state index in [2.05, 4.69) is 24.1 Å². The number of nitrogens with zero attached hydrogens (tertiary/aromatic N) is 1. The summed E-state index contributed by atoms with van der Waals surface area (Å²) in [6.07, 6.45) is 6.54. The molecule has 0 aromatic carbocycles. The lowest BCUT2D eigenvalue weighted by atomic mass is 9.96. The van der Waals surface area contributed by atoms with Crippen molar-refractivity contribution in [2.24, 2.45) is 11.7 Å². The number of likely N-dealkylation sites (tertiary alicyclic amines) is 1. The fourth-order valence-corrected chi connectivity index (χ4v) is 2.78. The summed E-state index contributed by atoms with van der Waals surface area (Å²) < 4.78 is 0. The average molecular weight is 320 g/mol. The van der Waals surface area contributed by atoms with E-state index in [9.17, 15) is 4.79 Å². The van der Waals surface area contributed by atoms with Crippen LogP contribution >= 0.6 is 12.4 Å². The fraction of sp³-hybridized carbons (Fsp3) is 0.938. The van der Waals surface area contributed by atoms with Gasteiger partial charge in [0.25, 0.3) is 0 Å². The molecule has 0 aromatic heterocycles. The van der Waals surface area contributed by atoms with Gasteiger partial charge in [0.15, 0.2) is 0 Å². The minimum absolute atomic E-state index is 0. The molecule has 1 aliphatic rings. The molecule has 0 bridgehead atoms. The monoisotopic (exact) mass is 319 g/mol. The highest BCUT2D eigenvalue weighted by molar-refractivity contribution is 5.85. The van der Waals surface area contributed by atoms with Crippen LogP contribution in [0.4, 0.5) is 0 Å². The first-order valence-electron chi connectivity index (χ1n) is 8.25. The lowest BCUT2D eigenvalue weighted by Gasteiger charge is -2.30. The van der Waals surface area contributed by atoms with Gasteiger partial charge in [-0.25, -0.2) is 0 Å². The highest BCUT2D eigenvalue weighted by Crippen LogP contribution is 2.16. The van der Waals surface area contributed by atoms with Gasteiger partial charge in [-0.15, -0.1) is 12.4 Å². The van der Waals surface area contributed by atoms with Gasteiger partial charge in [-0.1, -0.05) is 20.3 Å². The van der Waals surface area contributed by atoms with Crippen LogP contribution in [0.2, 0.25) is 0 Å². The number of nitrogens with one attached hydrogen (secondary N) is 1. The van der Waals surface area contributed by atoms with Crippen molar-refractivity contribution < 1.29 is 4.79 Å². The van der Waals surface area contributed by atoms with Gasteiger partial charge in [-0.05, 0) is 64.6 Å². The number of unbranched alkanes of at least 4 members (excludes halogenated alkanes) is 1. The van der Waals surface area contributed by atoms with Crippen molar-refractivity contribution in [3.63, 3.8) is 0 Å². The summed E-state index contributed by atoms with van der Waals surface area (Å²) in [6, 6.07) is 0. The molecule has 1 fully saturated rings. The molecule has 3 N–H and O–H groups in total. The summed E-state index contributed by atoms with van der Waals surface area (Å²) in [5.41, 5.74) is 5.28. The summed E-state index contributed by atoms with van der Waals surface area (Å²) in [4.78, 5) is 14.5. The van der Waals surface area contributed by atoms with Gasteiger partial charge in [0, 0.05) is 6.54 Å². The Hall–Kier alpha value is -0.320. The van der Waals surface area contributed by atoms with Crippen molar-refractivity contribution in [1.82, 2.24) is 10.2 Å². The van der Waals surface area contributed by atoms with Gasteiger partial charge < -0.3 is 16.0 Å². The quantitative estimate of drug-likeness (QED) is 0.676. The minimum atomic E-state index is -0.711. The summed E-state index contributed by atoms with van der Waals surface area (Å²) >= 11 is 0. The van der Waals surface area contributed by atoms with Gasteiger partial charge in [-0.2, -0.15) is 0 Å². The zero-order valence-electron chi connectivity index (χ0n) is 14.0. The van der Waals surface area contributed by atoms with Gasteiger partial charge in [0.1, 0.15) is 0 Å².